The summed E-state index contributed by atoms with van der Waals surface area (Å²) in [5, 5.41) is 13.9. The zero-order chi connectivity index (χ0) is 29.4. The molecule has 2 aromatic carbocycles. The van der Waals surface area contributed by atoms with E-state index >= 15 is 8.78 Å². The molecular formula is C30H27F2N5O5. The first kappa shape index (κ1) is 27.3. The van der Waals surface area contributed by atoms with Gasteiger partial charge in [-0.2, -0.15) is 5.10 Å². The average molecular weight is 576 g/mol. The molecule has 1 fully saturated rings. The smallest absolute Gasteiger partial charge is 0.335 e. The number of carboxylic acids is 1. The van der Waals surface area contributed by atoms with Crippen LogP contribution in [0.1, 0.15) is 33.9 Å². The van der Waals surface area contributed by atoms with Gasteiger partial charge in [-0.3, -0.25) is 4.68 Å². The molecule has 3 aromatic heterocycles. The van der Waals surface area contributed by atoms with Crippen molar-refractivity contribution >= 4 is 17.0 Å². The van der Waals surface area contributed by atoms with Crippen molar-refractivity contribution < 1.29 is 32.9 Å². The maximum absolute atomic E-state index is 15.5. The largest absolute Gasteiger partial charge is 0.494 e. The third-order valence-corrected chi connectivity index (χ3v) is 7.17. The maximum atomic E-state index is 15.5. The van der Waals surface area contributed by atoms with Crippen molar-refractivity contribution in [2.75, 3.05) is 13.7 Å². The van der Waals surface area contributed by atoms with E-state index in [0.717, 1.165) is 18.6 Å². The minimum absolute atomic E-state index is 0.0105. The molecular weight excluding hydrogens is 548 g/mol. The predicted molar refractivity (Wildman–Crippen MR) is 148 cm³/mol. The zero-order valence-corrected chi connectivity index (χ0v) is 22.9. The van der Waals surface area contributed by atoms with Crippen LogP contribution in [0.15, 0.2) is 54.7 Å². The first-order chi connectivity index (χ1) is 20.3. The summed E-state index contributed by atoms with van der Waals surface area (Å²) in [6.45, 7) is 1.19. The van der Waals surface area contributed by atoms with E-state index in [-0.39, 0.29) is 53.1 Å². The molecule has 0 saturated carbocycles. The Bertz CT molecular complexity index is 1800. The van der Waals surface area contributed by atoms with Crippen LogP contribution in [0.5, 0.6) is 11.6 Å². The van der Waals surface area contributed by atoms with Crippen molar-refractivity contribution in [2.24, 2.45) is 7.05 Å². The molecule has 6 rings (SSSR count). The van der Waals surface area contributed by atoms with Gasteiger partial charge in [-0.25, -0.2) is 23.5 Å². The Morgan fingerprint density at radius 1 is 1.14 bits per heavy atom. The number of aromatic carboxylic acids is 1. The van der Waals surface area contributed by atoms with Crippen molar-refractivity contribution in [1.82, 2.24) is 24.3 Å². The van der Waals surface area contributed by atoms with Crippen LogP contribution in [0.3, 0.4) is 0 Å². The number of rotatable bonds is 10. The highest BCUT2D eigenvalue weighted by molar-refractivity contribution is 5.95. The predicted octanol–water partition coefficient (Wildman–Crippen LogP) is 4.78. The second kappa shape index (κ2) is 11.2. The van der Waals surface area contributed by atoms with Crippen molar-refractivity contribution in [3.05, 3.63) is 89.0 Å². The molecule has 10 nitrogen and oxygen atoms in total. The molecule has 1 N–H and O–H groups in total. The van der Waals surface area contributed by atoms with Gasteiger partial charge < -0.3 is 23.9 Å². The van der Waals surface area contributed by atoms with Gasteiger partial charge in [-0.1, -0.05) is 6.07 Å². The standard InChI is InChI=1S/C30H27F2N5O5/c1-36-8-6-19(35-36)16-42-28-5-3-4-24(33-28)21-14-22(31)17(10-23(21)32)13-27-34-29-25(37(27)15-20-7-9-41-20)11-18(30(38)39)12-26(29)40-2/h3-6,8,10-12,14,20H,7,9,13,15-16H2,1-2H3,(H,38,39)/t20-/m0/s1. The van der Waals surface area contributed by atoms with E-state index in [9.17, 15) is 9.90 Å². The van der Waals surface area contributed by atoms with E-state index in [0.29, 0.717) is 35.7 Å². The highest BCUT2D eigenvalue weighted by atomic mass is 19.1. The molecule has 0 aliphatic carbocycles. The summed E-state index contributed by atoms with van der Waals surface area (Å²) in [6.07, 6.45) is 2.48. The molecule has 1 aliphatic rings. The van der Waals surface area contributed by atoms with Gasteiger partial charge in [0.15, 0.2) is 0 Å². The molecule has 42 heavy (non-hydrogen) atoms. The summed E-state index contributed by atoms with van der Waals surface area (Å²) in [5.41, 5.74) is 1.98. The highest BCUT2D eigenvalue weighted by Gasteiger charge is 2.25. The highest BCUT2D eigenvalue weighted by Crippen LogP contribution is 2.32. The van der Waals surface area contributed by atoms with Crippen LogP contribution in [0.25, 0.3) is 22.3 Å². The molecule has 0 bridgehead atoms. The summed E-state index contributed by atoms with van der Waals surface area (Å²) in [4.78, 5) is 20.8. The third kappa shape index (κ3) is 5.40. The van der Waals surface area contributed by atoms with Gasteiger partial charge in [-0.05, 0) is 48.4 Å². The first-order valence-electron chi connectivity index (χ1n) is 13.3. The summed E-state index contributed by atoms with van der Waals surface area (Å²) < 4.78 is 51.1. The Morgan fingerprint density at radius 3 is 2.67 bits per heavy atom. The zero-order valence-electron chi connectivity index (χ0n) is 22.9. The number of nitrogens with zero attached hydrogens (tertiary/aromatic N) is 5. The monoisotopic (exact) mass is 575 g/mol. The van der Waals surface area contributed by atoms with Gasteiger partial charge in [0.25, 0.3) is 0 Å². The van der Waals surface area contributed by atoms with Crippen LogP contribution in [0.2, 0.25) is 0 Å². The van der Waals surface area contributed by atoms with E-state index in [1.54, 1.807) is 40.7 Å². The van der Waals surface area contributed by atoms with E-state index in [1.165, 1.54) is 19.2 Å². The van der Waals surface area contributed by atoms with Crippen molar-refractivity contribution in [3.63, 3.8) is 0 Å². The second-order valence-corrected chi connectivity index (χ2v) is 10.0. The van der Waals surface area contributed by atoms with E-state index < -0.39 is 17.6 Å². The number of halogens is 2. The number of fused-ring (bicyclic) bond motifs is 1. The molecule has 0 spiro atoms. The maximum Gasteiger partial charge on any atom is 0.335 e. The molecule has 5 aromatic rings. The molecule has 4 heterocycles. The minimum Gasteiger partial charge on any atom is -0.494 e. The van der Waals surface area contributed by atoms with Crippen molar-refractivity contribution in [1.29, 1.82) is 0 Å². The number of hydrogen-bond acceptors (Lipinski definition) is 7. The topological polar surface area (TPSA) is 114 Å². The van der Waals surface area contributed by atoms with Gasteiger partial charge in [0.2, 0.25) is 5.88 Å². The van der Waals surface area contributed by atoms with Crippen molar-refractivity contribution in [3.8, 4) is 22.9 Å². The lowest BCUT2D eigenvalue weighted by atomic mass is 10.0. The summed E-state index contributed by atoms with van der Waals surface area (Å²) in [5.74, 6) is -1.45. The molecule has 1 aliphatic heterocycles. The Morgan fingerprint density at radius 2 is 1.98 bits per heavy atom. The Labute approximate surface area is 239 Å². The number of aromatic nitrogens is 5. The van der Waals surface area contributed by atoms with Crippen molar-refractivity contribution in [2.45, 2.75) is 32.1 Å². The molecule has 0 amide bonds. The van der Waals surface area contributed by atoms with Crippen LogP contribution in [0, 0.1) is 11.6 Å². The summed E-state index contributed by atoms with van der Waals surface area (Å²) in [7, 11) is 3.22. The second-order valence-electron chi connectivity index (χ2n) is 10.0. The number of pyridine rings is 1. The quantitative estimate of drug-likeness (QED) is 0.253. The minimum atomic E-state index is -1.12. The summed E-state index contributed by atoms with van der Waals surface area (Å²) in [6, 6.07) is 11.8. The van der Waals surface area contributed by atoms with Crippen LogP contribution in [0.4, 0.5) is 8.78 Å². The van der Waals surface area contributed by atoms with Gasteiger partial charge >= 0.3 is 5.97 Å². The molecule has 0 radical (unpaired) electrons. The average Bonchev–Trinajstić information content (AvgIpc) is 3.53. The summed E-state index contributed by atoms with van der Waals surface area (Å²) >= 11 is 0. The van der Waals surface area contributed by atoms with Crippen LogP contribution in [-0.4, -0.2) is 55.2 Å². The number of methoxy groups -OCH3 is 1. The van der Waals surface area contributed by atoms with Crippen LogP contribution >= 0.6 is 0 Å². The van der Waals surface area contributed by atoms with Crippen LogP contribution in [-0.2, 0) is 31.4 Å². The van der Waals surface area contributed by atoms with Gasteiger partial charge in [0.05, 0.1) is 42.2 Å². The van der Waals surface area contributed by atoms with Gasteiger partial charge in [0.1, 0.15) is 35.3 Å². The van der Waals surface area contributed by atoms with E-state index in [4.69, 9.17) is 14.2 Å². The Hall–Kier alpha value is -4.84. The first-order valence-corrected chi connectivity index (χ1v) is 13.3. The fourth-order valence-corrected chi connectivity index (χ4v) is 4.91. The van der Waals surface area contributed by atoms with Gasteiger partial charge in [-0.15, -0.1) is 0 Å². The molecule has 12 heteroatoms. The normalized spacial score (nSPS) is 14.6. The lowest BCUT2D eigenvalue weighted by molar-refractivity contribution is -0.0589. The number of aryl methyl sites for hydroxylation is 1. The molecule has 216 valence electrons. The number of imidazole rings is 1. The Kier molecular flexibility index (Phi) is 7.29. The van der Waals surface area contributed by atoms with Crippen LogP contribution < -0.4 is 9.47 Å². The SMILES string of the molecule is COc1cc(C(=O)O)cc2c1nc(Cc1cc(F)c(-c3cccc(OCc4ccn(C)n4)n3)cc1F)n2C[C@@H]1CCO1. The fraction of sp³-hybridized carbons (Fsp3) is 0.267. The van der Waals surface area contributed by atoms with E-state index in [2.05, 4.69) is 15.1 Å². The number of benzene rings is 2. The van der Waals surface area contributed by atoms with E-state index in [1.807, 2.05) is 6.07 Å². The molecule has 1 atom stereocenters. The number of ether oxygens (including phenoxy) is 3. The lowest BCUT2D eigenvalue weighted by Gasteiger charge is -2.27. The number of hydrogen-bond donors (Lipinski definition) is 1. The number of carbonyl (C=O) groups is 1. The Balaban J connectivity index is 1.31. The fourth-order valence-electron chi connectivity index (χ4n) is 4.91. The third-order valence-electron chi connectivity index (χ3n) is 7.17. The lowest BCUT2D eigenvalue weighted by Crippen LogP contribution is -2.31. The van der Waals surface area contributed by atoms with Gasteiger partial charge in [0, 0.05) is 37.9 Å². The molecule has 1 saturated heterocycles. The molecule has 0 unspecified atom stereocenters. The number of carboxylic acid groups (broad SMARTS) is 1.